The fraction of sp³-hybridized carbons (Fsp3) is 0.100. The third-order valence-electron chi connectivity index (χ3n) is 4.21. The minimum absolute atomic E-state index is 0.190. The van der Waals surface area contributed by atoms with Crippen molar-refractivity contribution >= 4 is 23.2 Å². The summed E-state index contributed by atoms with van der Waals surface area (Å²) in [4.78, 5) is 13.1. The molecule has 4 nitrogen and oxygen atoms in total. The Morgan fingerprint density at radius 2 is 1.80 bits per heavy atom. The fourth-order valence-electron chi connectivity index (χ4n) is 2.98. The first-order valence-electron chi connectivity index (χ1n) is 7.98. The molecule has 1 unspecified atom stereocenters. The lowest BCUT2D eigenvalue weighted by Gasteiger charge is -2.22. The zero-order chi connectivity index (χ0) is 17.2. The number of furan rings is 1. The van der Waals surface area contributed by atoms with Gasteiger partial charge < -0.3 is 4.42 Å². The summed E-state index contributed by atoms with van der Waals surface area (Å²) in [6, 6.07) is 20.4. The molecule has 2 heterocycles. The van der Waals surface area contributed by atoms with Gasteiger partial charge in [0, 0.05) is 6.42 Å². The maximum absolute atomic E-state index is 13.1. The number of nitrogens with zero attached hydrogens (tertiary/aromatic N) is 2. The predicted octanol–water partition coefficient (Wildman–Crippen LogP) is 4.92. The van der Waals surface area contributed by atoms with E-state index in [1.807, 2.05) is 42.5 Å². The van der Waals surface area contributed by atoms with Gasteiger partial charge in [-0.25, -0.2) is 5.01 Å². The Bertz CT molecular complexity index is 920. The van der Waals surface area contributed by atoms with Crippen LogP contribution in [0, 0.1) is 0 Å². The lowest BCUT2D eigenvalue weighted by molar-refractivity contribution is 0.0711. The van der Waals surface area contributed by atoms with E-state index in [0.29, 0.717) is 22.8 Å². The van der Waals surface area contributed by atoms with Crippen LogP contribution in [0.3, 0.4) is 0 Å². The van der Waals surface area contributed by atoms with Crippen LogP contribution >= 0.6 is 11.6 Å². The van der Waals surface area contributed by atoms with Crippen LogP contribution in [0.25, 0.3) is 0 Å². The number of rotatable bonds is 3. The Morgan fingerprint density at radius 1 is 1.04 bits per heavy atom. The molecule has 4 rings (SSSR count). The van der Waals surface area contributed by atoms with Crippen LogP contribution < -0.4 is 0 Å². The molecule has 0 spiro atoms. The van der Waals surface area contributed by atoms with E-state index in [0.717, 1.165) is 11.3 Å². The van der Waals surface area contributed by atoms with Gasteiger partial charge in [-0.2, -0.15) is 5.10 Å². The first-order valence-corrected chi connectivity index (χ1v) is 8.36. The molecule has 1 aliphatic rings. The number of carbonyl (C=O) groups excluding carboxylic acids is 1. The normalized spacial score (nSPS) is 16.8. The van der Waals surface area contributed by atoms with Crippen LogP contribution in [0.2, 0.25) is 5.02 Å². The molecule has 0 saturated heterocycles. The van der Waals surface area contributed by atoms with Gasteiger partial charge in [0.15, 0.2) is 0 Å². The summed E-state index contributed by atoms with van der Waals surface area (Å²) in [5.74, 6) is 0.455. The molecule has 1 atom stereocenters. The molecular weight excluding hydrogens is 336 g/mol. The van der Waals surface area contributed by atoms with Crippen LogP contribution in [0.15, 0.2) is 82.5 Å². The standard InChI is InChI=1S/C20H15ClN2O2/c21-16-10-5-4-9-15(16)20(24)23-18(14-7-2-1-3-8-14)13-17(22-23)19-11-6-12-25-19/h1-12,18H,13H2. The van der Waals surface area contributed by atoms with Crippen molar-refractivity contribution in [2.75, 3.05) is 0 Å². The molecule has 1 aromatic heterocycles. The van der Waals surface area contributed by atoms with Crippen LogP contribution in [-0.2, 0) is 0 Å². The molecule has 0 bridgehead atoms. The highest BCUT2D eigenvalue weighted by molar-refractivity contribution is 6.33. The second kappa shape index (κ2) is 6.57. The Balaban J connectivity index is 1.75. The van der Waals surface area contributed by atoms with Crippen LogP contribution in [0.4, 0.5) is 0 Å². The minimum atomic E-state index is -0.221. The molecule has 0 N–H and O–H groups in total. The van der Waals surface area contributed by atoms with Gasteiger partial charge in [0.25, 0.3) is 5.91 Å². The number of amides is 1. The number of halogens is 1. The van der Waals surface area contributed by atoms with E-state index in [1.54, 1.807) is 30.5 Å². The maximum Gasteiger partial charge on any atom is 0.276 e. The summed E-state index contributed by atoms with van der Waals surface area (Å²) < 4.78 is 5.46. The van der Waals surface area contributed by atoms with Gasteiger partial charge in [-0.3, -0.25) is 4.79 Å². The fourth-order valence-corrected chi connectivity index (χ4v) is 3.20. The molecule has 1 aliphatic heterocycles. The molecule has 2 aromatic carbocycles. The van der Waals surface area contributed by atoms with Crippen LogP contribution in [0.1, 0.15) is 34.1 Å². The molecule has 25 heavy (non-hydrogen) atoms. The summed E-state index contributed by atoms with van der Waals surface area (Å²) in [5.41, 5.74) is 2.21. The summed E-state index contributed by atoms with van der Waals surface area (Å²) in [6.45, 7) is 0. The largest absolute Gasteiger partial charge is 0.463 e. The molecule has 0 aliphatic carbocycles. The molecular formula is C20H15ClN2O2. The van der Waals surface area contributed by atoms with E-state index < -0.39 is 0 Å². The average molecular weight is 351 g/mol. The zero-order valence-corrected chi connectivity index (χ0v) is 14.1. The van der Waals surface area contributed by atoms with Gasteiger partial charge in [-0.1, -0.05) is 54.1 Å². The van der Waals surface area contributed by atoms with E-state index in [4.69, 9.17) is 16.0 Å². The van der Waals surface area contributed by atoms with Crippen molar-refractivity contribution in [3.05, 3.63) is 94.9 Å². The van der Waals surface area contributed by atoms with Crippen molar-refractivity contribution in [1.29, 1.82) is 0 Å². The Hall–Kier alpha value is -2.85. The second-order valence-electron chi connectivity index (χ2n) is 5.78. The van der Waals surface area contributed by atoms with E-state index in [2.05, 4.69) is 5.10 Å². The summed E-state index contributed by atoms with van der Waals surface area (Å²) in [5, 5.41) is 6.48. The maximum atomic E-state index is 13.1. The van der Waals surface area contributed by atoms with Gasteiger partial charge >= 0.3 is 0 Å². The van der Waals surface area contributed by atoms with E-state index >= 15 is 0 Å². The third kappa shape index (κ3) is 2.96. The summed E-state index contributed by atoms with van der Waals surface area (Å²) in [7, 11) is 0. The van der Waals surface area contributed by atoms with Crippen LogP contribution in [0.5, 0.6) is 0 Å². The number of hydrogen-bond acceptors (Lipinski definition) is 3. The molecule has 3 aromatic rings. The summed E-state index contributed by atoms with van der Waals surface area (Å²) in [6.07, 6.45) is 2.20. The molecule has 5 heteroatoms. The molecule has 0 saturated carbocycles. The minimum Gasteiger partial charge on any atom is -0.463 e. The lowest BCUT2D eigenvalue weighted by Crippen LogP contribution is -2.27. The second-order valence-corrected chi connectivity index (χ2v) is 6.19. The first kappa shape index (κ1) is 15.7. The van der Waals surface area contributed by atoms with Gasteiger partial charge in [0.2, 0.25) is 0 Å². The highest BCUT2D eigenvalue weighted by atomic mass is 35.5. The van der Waals surface area contributed by atoms with Crippen molar-refractivity contribution in [3.8, 4) is 0 Å². The number of carbonyl (C=O) groups is 1. The van der Waals surface area contributed by atoms with Gasteiger partial charge in [0.05, 0.1) is 22.9 Å². The van der Waals surface area contributed by atoms with Crippen molar-refractivity contribution < 1.29 is 9.21 Å². The number of hydrazone groups is 1. The first-order chi connectivity index (χ1) is 12.2. The van der Waals surface area contributed by atoms with Crippen molar-refractivity contribution in [3.63, 3.8) is 0 Å². The Morgan fingerprint density at radius 3 is 2.52 bits per heavy atom. The number of benzene rings is 2. The Kier molecular flexibility index (Phi) is 4.12. The molecule has 124 valence electrons. The van der Waals surface area contributed by atoms with Gasteiger partial charge in [0.1, 0.15) is 11.5 Å². The zero-order valence-electron chi connectivity index (χ0n) is 13.3. The number of hydrogen-bond donors (Lipinski definition) is 0. The van der Waals surface area contributed by atoms with E-state index in [9.17, 15) is 4.79 Å². The van der Waals surface area contributed by atoms with E-state index in [1.165, 1.54) is 5.01 Å². The molecule has 1 amide bonds. The van der Waals surface area contributed by atoms with Crippen LogP contribution in [-0.4, -0.2) is 16.6 Å². The monoisotopic (exact) mass is 350 g/mol. The lowest BCUT2D eigenvalue weighted by atomic mass is 10.0. The van der Waals surface area contributed by atoms with Gasteiger partial charge in [-0.15, -0.1) is 0 Å². The highest BCUT2D eigenvalue weighted by Crippen LogP contribution is 2.34. The molecule has 0 radical (unpaired) electrons. The van der Waals surface area contributed by atoms with Crippen molar-refractivity contribution in [2.24, 2.45) is 5.10 Å². The van der Waals surface area contributed by atoms with E-state index in [-0.39, 0.29) is 11.9 Å². The third-order valence-corrected chi connectivity index (χ3v) is 4.54. The highest BCUT2D eigenvalue weighted by Gasteiger charge is 2.35. The quantitative estimate of drug-likeness (QED) is 0.672. The topological polar surface area (TPSA) is 45.8 Å². The summed E-state index contributed by atoms with van der Waals surface area (Å²) >= 11 is 6.21. The predicted molar refractivity (Wildman–Crippen MR) is 96.7 cm³/mol. The SMILES string of the molecule is O=C(c1ccccc1Cl)N1N=C(c2ccco2)CC1c1ccccc1. The van der Waals surface area contributed by atoms with Crippen molar-refractivity contribution in [2.45, 2.75) is 12.5 Å². The average Bonchev–Trinajstić information content (AvgIpc) is 3.32. The smallest absolute Gasteiger partial charge is 0.276 e. The molecule has 0 fully saturated rings. The Labute approximate surface area is 150 Å². The van der Waals surface area contributed by atoms with Crippen molar-refractivity contribution in [1.82, 2.24) is 5.01 Å². The van der Waals surface area contributed by atoms with Gasteiger partial charge in [-0.05, 0) is 29.8 Å².